The summed E-state index contributed by atoms with van der Waals surface area (Å²) in [5.74, 6) is -0.400. The number of hydrogen-bond donors (Lipinski definition) is 2. The fourth-order valence-corrected chi connectivity index (χ4v) is 1.83. The molecule has 1 aromatic rings. The first-order valence-electron chi connectivity index (χ1n) is 6.28. The van der Waals surface area contributed by atoms with Crippen LogP contribution in [0.15, 0.2) is 18.2 Å². The molecule has 1 aromatic carbocycles. The molecule has 0 radical (unpaired) electrons. The molecule has 1 amide bonds. The number of rotatable bonds is 6. The van der Waals surface area contributed by atoms with Crippen molar-refractivity contribution in [2.45, 2.75) is 13.8 Å². The summed E-state index contributed by atoms with van der Waals surface area (Å²) in [5, 5.41) is 5.72. The number of benzene rings is 1. The van der Waals surface area contributed by atoms with Crippen LogP contribution >= 0.6 is 0 Å². The predicted octanol–water partition coefficient (Wildman–Crippen LogP) is 2.26. The molecule has 106 valence electrons. The van der Waals surface area contributed by atoms with Gasteiger partial charge in [-0.2, -0.15) is 0 Å². The van der Waals surface area contributed by atoms with Crippen LogP contribution in [0.25, 0.3) is 0 Å². The molecule has 5 heteroatoms. The van der Waals surface area contributed by atoms with Crippen LogP contribution in [-0.2, 0) is 4.79 Å². The number of anilines is 1. The lowest BCUT2D eigenvalue weighted by molar-refractivity contribution is -0.120. The molecular formula is C14H21FN2O2. The number of amides is 1. The molecule has 0 aromatic heterocycles. The molecule has 0 saturated heterocycles. The summed E-state index contributed by atoms with van der Waals surface area (Å²) in [6, 6.07) is 4.37. The second-order valence-electron chi connectivity index (χ2n) is 4.75. The molecule has 0 bridgehead atoms. The van der Waals surface area contributed by atoms with Gasteiger partial charge in [-0.05, 0) is 25.1 Å². The highest BCUT2D eigenvalue weighted by molar-refractivity contribution is 5.92. The van der Waals surface area contributed by atoms with Crippen LogP contribution in [0.1, 0.15) is 13.8 Å². The number of hydrogen-bond acceptors (Lipinski definition) is 3. The fourth-order valence-electron chi connectivity index (χ4n) is 1.83. The molecule has 0 saturated carbocycles. The number of methoxy groups -OCH3 is 1. The van der Waals surface area contributed by atoms with Gasteiger partial charge in [0.25, 0.3) is 0 Å². The first-order valence-corrected chi connectivity index (χ1v) is 6.28. The van der Waals surface area contributed by atoms with Crippen LogP contribution in [0.3, 0.4) is 0 Å². The highest BCUT2D eigenvalue weighted by Gasteiger charge is 2.21. The zero-order chi connectivity index (χ0) is 14.4. The quantitative estimate of drug-likeness (QED) is 0.832. The zero-order valence-electron chi connectivity index (χ0n) is 11.8. The third-order valence-electron chi connectivity index (χ3n) is 2.98. The molecule has 0 spiro atoms. The first kappa shape index (κ1) is 15.4. The van der Waals surface area contributed by atoms with E-state index >= 15 is 0 Å². The van der Waals surface area contributed by atoms with Gasteiger partial charge in [-0.15, -0.1) is 0 Å². The molecular weight excluding hydrogens is 247 g/mol. The minimum atomic E-state index is -0.491. The van der Waals surface area contributed by atoms with Crippen molar-refractivity contribution in [2.75, 3.05) is 26.0 Å². The van der Waals surface area contributed by atoms with Gasteiger partial charge in [0.05, 0.1) is 13.0 Å². The van der Waals surface area contributed by atoms with E-state index in [1.54, 1.807) is 13.1 Å². The van der Waals surface area contributed by atoms with E-state index in [-0.39, 0.29) is 23.5 Å². The average molecular weight is 268 g/mol. The predicted molar refractivity (Wildman–Crippen MR) is 73.8 cm³/mol. The Labute approximate surface area is 113 Å². The SMILES string of the molecule is CNCC(C(=O)Nc1ccc(OC)c(F)c1)C(C)C. The second-order valence-corrected chi connectivity index (χ2v) is 4.75. The Morgan fingerprint density at radius 1 is 1.42 bits per heavy atom. The minimum absolute atomic E-state index is 0.117. The molecule has 0 fully saturated rings. The van der Waals surface area contributed by atoms with Crippen molar-refractivity contribution in [3.63, 3.8) is 0 Å². The highest BCUT2D eigenvalue weighted by atomic mass is 19.1. The van der Waals surface area contributed by atoms with Crippen molar-refractivity contribution in [1.82, 2.24) is 5.32 Å². The van der Waals surface area contributed by atoms with Crippen LogP contribution in [0, 0.1) is 17.7 Å². The topological polar surface area (TPSA) is 50.4 Å². The van der Waals surface area contributed by atoms with Gasteiger partial charge in [0.1, 0.15) is 0 Å². The van der Waals surface area contributed by atoms with Crippen LogP contribution in [0.4, 0.5) is 10.1 Å². The maximum Gasteiger partial charge on any atom is 0.229 e. The van der Waals surface area contributed by atoms with Gasteiger partial charge in [0.2, 0.25) is 5.91 Å². The van der Waals surface area contributed by atoms with E-state index in [0.29, 0.717) is 12.2 Å². The van der Waals surface area contributed by atoms with Gasteiger partial charge in [0, 0.05) is 18.3 Å². The lowest BCUT2D eigenvalue weighted by Crippen LogP contribution is -2.34. The molecule has 0 aliphatic carbocycles. The highest BCUT2D eigenvalue weighted by Crippen LogP contribution is 2.21. The first-order chi connectivity index (χ1) is 8.99. The summed E-state index contributed by atoms with van der Waals surface area (Å²) in [5.41, 5.74) is 0.435. The average Bonchev–Trinajstić information content (AvgIpc) is 2.35. The van der Waals surface area contributed by atoms with E-state index in [9.17, 15) is 9.18 Å². The number of carbonyl (C=O) groups excluding carboxylic acids is 1. The van der Waals surface area contributed by atoms with Crippen molar-refractivity contribution in [3.05, 3.63) is 24.0 Å². The van der Waals surface area contributed by atoms with Crippen molar-refractivity contribution in [1.29, 1.82) is 0 Å². The molecule has 2 N–H and O–H groups in total. The van der Waals surface area contributed by atoms with Gasteiger partial charge in [-0.3, -0.25) is 4.79 Å². The van der Waals surface area contributed by atoms with Crippen LogP contribution < -0.4 is 15.4 Å². The van der Waals surface area contributed by atoms with Crippen LogP contribution in [-0.4, -0.2) is 26.6 Å². The van der Waals surface area contributed by atoms with Gasteiger partial charge in [-0.25, -0.2) is 4.39 Å². The van der Waals surface area contributed by atoms with E-state index in [4.69, 9.17) is 4.74 Å². The number of nitrogens with one attached hydrogen (secondary N) is 2. The Hall–Kier alpha value is -1.62. The van der Waals surface area contributed by atoms with E-state index < -0.39 is 5.82 Å². The summed E-state index contributed by atoms with van der Waals surface area (Å²) in [6.45, 7) is 4.55. The fraction of sp³-hybridized carbons (Fsp3) is 0.500. The van der Waals surface area contributed by atoms with E-state index in [1.165, 1.54) is 19.2 Å². The Balaban J connectivity index is 2.78. The number of carbonyl (C=O) groups is 1. The van der Waals surface area contributed by atoms with Crippen molar-refractivity contribution in [2.24, 2.45) is 11.8 Å². The number of ether oxygens (including phenoxy) is 1. The van der Waals surface area contributed by atoms with E-state index in [0.717, 1.165) is 0 Å². The lowest BCUT2D eigenvalue weighted by Gasteiger charge is -2.20. The summed E-state index contributed by atoms with van der Waals surface area (Å²) >= 11 is 0. The summed E-state index contributed by atoms with van der Waals surface area (Å²) < 4.78 is 18.4. The Bertz CT molecular complexity index is 435. The zero-order valence-corrected chi connectivity index (χ0v) is 11.8. The lowest BCUT2D eigenvalue weighted by atomic mass is 9.95. The second kappa shape index (κ2) is 7.09. The van der Waals surface area contributed by atoms with Gasteiger partial charge < -0.3 is 15.4 Å². The molecule has 1 atom stereocenters. The van der Waals surface area contributed by atoms with E-state index in [2.05, 4.69) is 10.6 Å². The maximum absolute atomic E-state index is 13.5. The molecule has 1 unspecified atom stereocenters. The molecule has 0 aliphatic rings. The number of halogens is 1. The normalized spacial score (nSPS) is 12.3. The minimum Gasteiger partial charge on any atom is -0.494 e. The smallest absolute Gasteiger partial charge is 0.229 e. The molecule has 19 heavy (non-hydrogen) atoms. The Morgan fingerprint density at radius 3 is 2.58 bits per heavy atom. The van der Waals surface area contributed by atoms with Gasteiger partial charge in [0.15, 0.2) is 11.6 Å². The molecule has 0 aliphatic heterocycles. The molecule has 1 rings (SSSR count). The standard InChI is InChI=1S/C14H21FN2O2/c1-9(2)11(8-16-3)14(18)17-10-5-6-13(19-4)12(15)7-10/h5-7,9,11,16H,8H2,1-4H3,(H,17,18). The van der Waals surface area contributed by atoms with Crippen LogP contribution in [0.2, 0.25) is 0 Å². The summed E-state index contributed by atoms with van der Waals surface area (Å²) in [4.78, 5) is 12.1. The third-order valence-corrected chi connectivity index (χ3v) is 2.98. The Kier molecular flexibility index (Phi) is 5.76. The van der Waals surface area contributed by atoms with Crippen molar-refractivity contribution in [3.8, 4) is 5.75 Å². The largest absolute Gasteiger partial charge is 0.494 e. The van der Waals surface area contributed by atoms with Gasteiger partial charge in [-0.1, -0.05) is 13.8 Å². The monoisotopic (exact) mass is 268 g/mol. The van der Waals surface area contributed by atoms with E-state index in [1.807, 2.05) is 13.8 Å². The van der Waals surface area contributed by atoms with Gasteiger partial charge >= 0.3 is 0 Å². The maximum atomic E-state index is 13.5. The van der Waals surface area contributed by atoms with Crippen molar-refractivity contribution < 1.29 is 13.9 Å². The Morgan fingerprint density at radius 2 is 2.11 bits per heavy atom. The third kappa shape index (κ3) is 4.21. The summed E-state index contributed by atoms with van der Waals surface area (Å²) in [6.07, 6.45) is 0. The van der Waals surface area contributed by atoms with Crippen LogP contribution in [0.5, 0.6) is 5.75 Å². The van der Waals surface area contributed by atoms with Crippen molar-refractivity contribution >= 4 is 11.6 Å². The molecule has 4 nitrogen and oxygen atoms in total. The molecule has 0 heterocycles. The summed E-state index contributed by atoms with van der Waals surface area (Å²) in [7, 11) is 3.20.